The second-order valence-electron chi connectivity index (χ2n) is 2.35. The maximum Gasteiger partial charge on any atom is 0.135 e. The second kappa shape index (κ2) is 2.44. The van der Waals surface area contributed by atoms with E-state index in [0.29, 0.717) is 0 Å². The monoisotopic (exact) mass is 119 g/mol. The van der Waals surface area contributed by atoms with Crippen LogP contribution in [0, 0.1) is 0 Å². The molecule has 0 aromatic carbocycles. The maximum absolute atomic E-state index is 9.00. The Bertz CT molecular complexity index is 67.3. The van der Waals surface area contributed by atoms with Gasteiger partial charge in [-0.2, -0.15) is 5.21 Å². The van der Waals surface area contributed by atoms with E-state index in [1.54, 1.807) is 7.05 Å². The van der Waals surface area contributed by atoms with Crippen molar-refractivity contribution in [3.05, 3.63) is 0 Å². The zero-order chi connectivity index (χ0) is 6.78. The van der Waals surface area contributed by atoms with Gasteiger partial charge >= 0.3 is 0 Å². The van der Waals surface area contributed by atoms with Crippen LogP contribution in [0.25, 0.3) is 0 Å². The first-order valence-corrected chi connectivity index (χ1v) is 2.86. The summed E-state index contributed by atoms with van der Waals surface area (Å²) >= 11 is 0. The maximum atomic E-state index is 9.00. The standard InChI is InChI=1S/C5H15N2O/c1-4-5(2)7(3,6)8/h5,8H,4,6H2,1-3H3/q+1. The molecule has 2 atom stereocenters. The molecule has 0 saturated heterocycles. The van der Waals surface area contributed by atoms with Gasteiger partial charge in [-0.15, -0.1) is 10.6 Å². The first-order valence-electron chi connectivity index (χ1n) is 2.86. The minimum absolute atomic E-state index is 0.120. The number of hydroxylamine groups is 2. The molecule has 50 valence electrons. The van der Waals surface area contributed by atoms with Gasteiger partial charge in [-0.25, -0.2) is 0 Å². The summed E-state index contributed by atoms with van der Waals surface area (Å²) in [6.45, 7) is 3.89. The molecule has 0 aliphatic rings. The topological polar surface area (TPSA) is 46.2 Å². The SMILES string of the molecule is CCC(C)[N+](C)(N)O. The predicted octanol–water partition coefficient (Wildman–Crippen LogP) is 0.494. The van der Waals surface area contributed by atoms with E-state index in [-0.39, 0.29) is 6.04 Å². The van der Waals surface area contributed by atoms with E-state index in [4.69, 9.17) is 11.0 Å². The van der Waals surface area contributed by atoms with Gasteiger partial charge in [0.05, 0.1) is 0 Å². The summed E-state index contributed by atoms with van der Waals surface area (Å²) in [5, 5.41) is 9.00. The Balaban J connectivity index is 3.62. The Hall–Kier alpha value is -0.120. The molecule has 2 unspecified atom stereocenters. The third-order valence-corrected chi connectivity index (χ3v) is 1.48. The van der Waals surface area contributed by atoms with Gasteiger partial charge in [0.25, 0.3) is 0 Å². The average Bonchev–Trinajstić information content (AvgIpc) is 1.62. The highest BCUT2D eigenvalue weighted by molar-refractivity contribution is 4.38. The van der Waals surface area contributed by atoms with Gasteiger partial charge in [-0.05, 0) is 6.92 Å². The molecular formula is C5H15N2O+. The average molecular weight is 119 g/mol. The minimum Gasteiger partial charge on any atom is -0.196 e. The molecule has 0 amide bonds. The Labute approximate surface area is 50.2 Å². The van der Waals surface area contributed by atoms with Crippen molar-refractivity contribution in [1.29, 1.82) is 0 Å². The summed E-state index contributed by atoms with van der Waals surface area (Å²) in [7, 11) is 1.56. The summed E-state index contributed by atoms with van der Waals surface area (Å²) in [6.07, 6.45) is 0.892. The molecule has 0 aromatic heterocycles. The van der Waals surface area contributed by atoms with Crippen molar-refractivity contribution in [2.24, 2.45) is 5.84 Å². The first kappa shape index (κ1) is 7.88. The van der Waals surface area contributed by atoms with Crippen LogP contribution in [-0.2, 0) is 0 Å². The highest BCUT2D eigenvalue weighted by Crippen LogP contribution is 2.00. The van der Waals surface area contributed by atoms with Gasteiger partial charge in [-0.3, -0.25) is 0 Å². The molecule has 0 aromatic rings. The quantitative estimate of drug-likeness (QED) is 0.316. The van der Waals surface area contributed by atoms with E-state index in [1.807, 2.05) is 13.8 Å². The summed E-state index contributed by atoms with van der Waals surface area (Å²) < 4.78 is -0.420. The van der Waals surface area contributed by atoms with E-state index in [9.17, 15) is 0 Å². The molecule has 0 radical (unpaired) electrons. The fourth-order valence-corrected chi connectivity index (χ4v) is 0.370. The van der Waals surface area contributed by atoms with E-state index in [2.05, 4.69) is 0 Å². The van der Waals surface area contributed by atoms with Crippen molar-refractivity contribution in [3.8, 4) is 0 Å². The van der Waals surface area contributed by atoms with Crippen LogP contribution in [0.2, 0.25) is 0 Å². The van der Waals surface area contributed by atoms with Gasteiger partial charge in [-0.1, -0.05) is 6.92 Å². The van der Waals surface area contributed by atoms with E-state index < -0.39 is 4.76 Å². The summed E-state index contributed by atoms with van der Waals surface area (Å²) in [6, 6.07) is 0.120. The number of rotatable bonds is 2. The number of quaternary nitrogens is 1. The molecule has 0 saturated carbocycles. The Kier molecular flexibility index (Phi) is 2.40. The summed E-state index contributed by atoms with van der Waals surface area (Å²) in [4.78, 5) is 0. The highest BCUT2D eigenvalue weighted by Gasteiger charge is 2.19. The third kappa shape index (κ3) is 2.26. The first-order chi connectivity index (χ1) is 3.48. The Morgan fingerprint density at radius 2 is 2.12 bits per heavy atom. The van der Waals surface area contributed by atoms with Crippen LogP contribution in [0.4, 0.5) is 0 Å². The molecule has 3 N–H and O–H groups in total. The molecular weight excluding hydrogens is 104 g/mol. The Morgan fingerprint density at radius 3 is 2.12 bits per heavy atom. The fourth-order valence-electron chi connectivity index (χ4n) is 0.370. The van der Waals surface area contributed by atoms with Crippen molar-refractivity contribution in [3.63, 3.8) is 0 Å². The zero-order valence-corrected chi connectivity index (χ0v) is 5.76. The van der Waals surface area contributed by atoms with Crippen molar-refractivity contribution < 1.29 is 9.96 Å². The van der Waals surface area contributed by atoms with E-state index in [0.717, 1.165) is 6.42 Å². The molecule has 0 fully saturated rings. The molecule has 0 aliphatic carbocycles. The van der Waals surface area contributed by atoms with Crippen LogP contribution in [0.5, 0.6) is 0 Å². The third-order valence-electron chi connectivity index (χ3n) is 1.48. The lowest BCUT2D eigenvalue weighted by atomic mass is 10.2. The minimum atomic E-state index is -0.420. The van der Waals surface area contributed by atoms with Crippen molar-refractivity contribution in [1.82, 2.24) is 0 Å². The van der Waals surface area contributed by atoms with Gasteiger partial charge in [0.15, 0.2) is 0 Å². The van der Waals surface area contributed by atoms with E-state index in [1.165, 1.54) is 0 Å². The van der Waals surface area contributed by atoms with Gasteiger partial charge in [0.1, 0.15) is 13.1 Å². The molecule has 0 rings (SSSR count). The number of nitrogens with two attached hydrogens (primary N) is 1. The molecule has 0 spiro atoms. The molecule has 0 bridgehead atoms. The van der Waals surface area contributed by atoms with Crippen LogP contribution in [0.1, 0.15) is 20.3 Å². The number of hydrogen-bond donors (Lipinski definition) is 2. The van der Waals surface area contributed by atoms with Gasteiger partial charge in [0.2, 0.25) is 0 Å². The van der Waals surface area contributed by atoms with Crippen LogP contribution in [0.3, 0.4) is 0 Å². The van der Waals surface area contributed by atoms with Crippen molar-refractivity contribution >= 4 is 0 Å². The second-order valence-corrected chi connectivity index (χ2v) is 2.35. The highest BCUT2D eigenvalue weighted by atomic mass is 16.6. The smallest absolute Gasteiger partial charge is 0.135 e. The van der Waals surface area contributed by atoms with Crippen molar-refractivity contribution in [2.45, 2.75) is 26.3 Å². The lowest BCUT2D eigenvalue weighted by molar-refractivity contribution is -1.11. The summed E-state index contributed by atoms with van der Waals surface area (Å²) in [5.74, 6) is 5.28. The van der Waals surface area contributed by atoms with Crippen molar-refractivity contribution in [2.75, 3.05) is 7.05 Å². The Morgan fingerprint density at radius 1 is 1.75 bits per heavy atom. The van der Waals surface area contributed by atoms with Crippen LogP contribution in [0.15, 0.2) is 0 Å². The fraction of sp³-hybridized carbons (Fsp3) is 1.00. The van der Waals surface area contributed by atoms with Gasteiger partial charge in [0, 0.05) is 6.42 Å². The normalized spacial score (nSPS) is 22.1. The lowest BCUT2D eigenvalue weighted by Gasteiger charge is -2.24. The molecule has 3 heteroatoms. The van der Waals surface area contributed by atoms with Crippen LogP contribution < -0.4 is 5.84 Å². The zero-order valence-electron chi connectivity index (χ0n) is 5.76. The largest absolute Gasteiger partial charge is 0.196 e. The number of hydrogen-bond acceptors (Lipinski definition) is 2. The molecule has 3 nitrogen and oxygen atoms in total. The van der Waals surface area contributed by atoms with Crippen LogP contribution >= 0.6 is 0 Å². The lowest BCUT2D eigenvalue weighted by Crippen LogP contribution is -2.53. The van der Waals surface area contributed by atoms with E-state index >= 15 is 0 Å². The summed E-state index contributed by atoms with van der Waals surface area (Å²) in [5.41, 5.74) is 0. The number of nitrogens with zero attached hydrogens (tertiary/aromatic N) is 1. The molecule has 0 heterocycles. The molecule has 0 aliphatic heterocycles. The molecule has 8 heavy (non-hydrogen) atoms. The van der Waals surface area contributed by atoms with Crippen LogP contribution in [-0.4, -0.2) is 23.1 Å². The predicted molar refractivity (Wildman–Crippen MR) is 31.9 cm³/mol. The van der Waals surface area contributed by atoms with Gasteiger partial charge < -0.3 is 0 Å².